The van der Waals surface area contributed by atoms with E-state index in [0.717, 1.165) is 27.2 Å². The number of benzene rings is 1. The van der Waals surface area contributed by atoms with Crippen molar-refractivity contribution < 1.29 is 0 Å². The van der Waals surface area contributed by atoms with E-state index < -0.39 is 0 Å². The fourth-order valence-electron chi connectivity index (χ4n) is 2.38. The molecule has 2 heterocycles. The van der Waals surface area contributed by atoms with Gasteiger partial charge in [0.2, 0.25) is 0 Å². The average molecular weight is 374 g/mol. The van der Waals surface area contributed by atoms with Crippen LogP contribution in [0.3, 0.4) is 0 Å². The third kappa shape index (κ3) is 2.29. The van der Waals surface area contributed by atoms with Gasteiger partial charge in [0, 0.05) is 9.61 Å². The number of imidazole rings is 1. The maximum atomic E-state index is 6.33. The largest absolute Gasteiger partial charge is 0.309 e. The SMILES string of the molecule is Clc1cc(I)ccc1-n1cncc1C1CCCN1. The van der Waals surface area contributed by atoms with Gasteiger partial charge in [-0.15, -0.1) is 0 Å². The summed E-state index contributed by atoms with van der Waals surface area (Å²) < 4.78 is 3.23. The van der Waals surface area contributed by atoms with Crippen LogP contribution in [0.1, 0.15) is 24.6 Å². The molecule has 0 bridgehead atoms. The number of hydrogen-bond donors (Lipinski definition) is 1. The van der Waals surface area contributed by atoms with Crippen LogP contribution in [0.5, 0.6) is 0 Å². The maximum absolute atomic E-state index is 6.33. The third-order valence-corrected chi connectivity index (χ3v) is 4.23. The van der Waals surface area contributed by atoms with Crippen LogP contribution in [0.4, 0.5) is 0 Å². The van der Waals surface area contributed by atoms with Crippen LogP contribution in [-0.2, 0) is 0 Å². The number of hydrogen-bond acceptors (Lipinski definition) is 2. The highest BCUT2D eigenvalue weighted by Gasteiger charge is 2.20. The monoisotopic (exact) mass is 373 g/mol. The van der Waals surface area contributed by atoms with Crippen LogP contribution in [0.2, 0.25) is 5.02 Å². The van der Waals surface area contributed by atoms with E-state index in [2.05, 4.69) is 43.5 Å². The van der Waals surface area contributed by atoms with Gasteiger partial charge in [-0.1, -0.05) is 11.6 Å². The Morgan fingerprint density at radius 2 is 2.33 bits per heavy atom. The van der Waals surface area contributed by atoms with Crippen molar-refractivity contribution in [3.8, 4) is 5.69 Å². The van der Waals surface area contributed by atoms with Gasteiger partial charge >= 0.3 is 0 Å². The van der Waals surface area contributed by atoms with Crippen molar-refractivity contribution in [1.82, 2.24) is 14.9 Å². The predicted octanol–water partition coefficient (Wildman–Crippen LogP) is 3.55. The predicted molar refractivity (Wildman–Crippen MR) is 81.3 cm³/mol. The minimum atomic E-state index is 0.392. The molecule has 0 radical (unpaired) electrons. The molecule has 2 aromatic rings. The van der Waals surface area contributed by atoms with Crippen molar-refractivity contribution in [2.24, 2.45) is 0 Å². The highest BCUT2D eigenvalue weighted by Crippen LogP contribution is 2.29. The Labute approximate surface area is 125 Å². The van der Waals surface area contributed by atoms with Gasteiger partial charge in [-0.05, 0) is 60.2 Å². The first-order valence-electron chi connectivity index (χ1n) is 5.97. The Morgan fingerprint density at radius 1 is 1.44 bits per heavy atom. The lowest BCUT2D eigenvalue weighted by Crippen LogP contribution is -2.16. The number of rotatable bonds is 2. The van der Waals surface area contributed by atoms with Gasteiger partial charge in [-0.2, -0.15) is 0 Å². The maximum Gasteiger partial charge on any atom is 0.0995 e. The van der Waals surface area contributed by atoms with Gasteiger partial charge in [0.15, 0.2) is 0 Å². The van der Waals surface area contributed by atoms with E-state index in [0.29, 0.717) is 6.04 Å². The summed E-state index contributed by atoms with van der Waals surface area (Å²) in [5.41, 5.74) is 2.19. The van der Waals surface area contributed by atoms with Gasteiger partial charge in [0.1, 0.15) is 0 Å². The van der Waals surface area contributed by atoms with Gasteiger partial charge in [-0.25, -0.2) is 4.98 Å². The zero-order valence-electron chi connectivity index (χ0n) is 9.74. The molecule has 1 aromatic carbocycles. The second-order valence-electron chi connectivity index (χ2n) is 4.43. The quantitative estimate of drug-likeness (QED) is 0.816. The molecule has 1 N–H and O–H groups in total. The summed E-state index contributed by atoms with van der Waals surface area (Å²) in [6.07, 6.45) is 6.14. The molecule has 1 aliphatic rings. The fourth-order valence-corrected chi connectivity index (χ4v) is 3.32. The summed E-state index contributed by atoms with van der Waals surface area (Å²) >= 11 is 8.59. The Kier molecular flexibility index (Phi) is 3.59. The molecule has 1 aliphatic heterocycles. The second kappa shape index (κ2) is 5.19. The lowest BCUT2D eigenvalue weighted by molar-refractivity contribution is 0.615. The zero-order valence-corrected chi connectivity index (χ0v) is 12.6. The number of nitrogens with zero attached hydrogens (tertiary/aromatic N) is 2. The lowest BCUT2D eigenvalue weighted by atomic mass is 10.1. The van der Waals surface area contributed by atoms with Crippen molar-refractivity contribution in [3.05, 3.63) is 45.0 Å². The standard InChI is InChI=1S/C13H13ClIN3/c14-10-6-9(15)3-4-12(10)18-8-16-7-13(18)11-2-1-5-17-11/h3-4,6-8,11,17H,1-2,5H2. The summed E-state index contributed by atoms with van der Waals surface area (Å²) in [6, 6.07) is 6.48. The average Bonchev–Trinajstić information content (AvgIpc) is 2.98. The molecule has 1 saturated heterocycles. The molecule has 5 heteroatoms. The minimum Gasteiger partial charge on any atom is -0.309 e. The Hall–Kier alpha value is -0.590. The second-order valence-corrected chi connectivity index (χ2v) is 6.09. The van der Waals surface area contributed by atoms with E-state index in [1.807, 2.05) is 24.7 Å². The molecule has 3 nitrogen and oxygen atoms in total. The first-order valence-corrected chi connectivity index (χ1v) is 7.42. The van der Waals surface area contributed by atoms with Gasteiger partial charge < -0.3 is 9.88 Å². The number of aromatic nitrogens is 2. The summed E-state index contributed by atoms with van der Waals surface area (Å²) in [4.78, 5) is 4.27. The van der Waals surface area contributed by atoms with Crippen LogP contribution >= 0.6 is 34.2 Å². The van der Waals surface area contributed by atoms with Crippen molar-refractivity contribution in [1.29, 1.82) is 0 Å². The third-order valence-electron chi connectivity index (χ3n) is 3.25. The topological polar surface area (TPSA) is 29.9 Å². The first kappa shape index (κ1) is 12.4. The molecule has 1 fully saturated rings. The van der Waals surface area contributed by atoms with Gasteiger partial charge in [0.25, 0.3) is 0 Å². The van der Waals surface area contributed by atoms with Crippen LogP contribution in [0, 0.1) is 3.57 Å². The molecular formula is C13H13ClIN3. The Morgan fingerprint density at radius 3 is 3.06 bits per heavy atom. The summed E-state index contributed by atoms with van der Waals surface area (Å²) in [6.45, 7) is 1.08. The van der Waals surface area contributed by atoms with E-state index in [4.69, 9.17) is 11.6 Å². The van der Waals surface area contributed by atoms with E-state index in [9.17, 15) is 0 Å². The molecule has 94 valence electrons. The molecule has 0 spiro atoms. The van der Waals surface area contributed by atoms with Crippen molar-refractivity contribution in [2.45, 2.75) is 18.9 Å². The molecule has 0 saturated carbocycles. The zero-order chi connectivity index (χ0) is 12.5. The van der Waals surface area contributed by atoms with E-state index >= 15 is 0 Å². The van der Waals surface area contributed by atoms with E-state index in [1.165, 1.54) is 12.1 Å². The van der Waals surface area contributed by atoms with Crippen molar-refractivity contribution >= 4 is 34.2 Å². The molecule has 3 rings (SSSR count). The molecule has 0 aliphatic carbocycles. The number of nitrogens with one attached hydrogen (secondary N) is 1. The van der Waals surface area contributed by atoms with E-state index in [-0.39, 0.29) is 0 Å². The van der Waals surface area contributed by atoms with E-state index in [1.54, 1.807) is 0 Å². The minimum absolute atomic E-state index is 0.392. The van der Waals surface area contributed by atoms with Crippen LogP contribution in [-0.4, -0.2) is 16.1 Å². The molecule has 1 unspecified atom stereocenters. The molecule has 1 aromatic heterocycles. The van der Waals surface area contributed by atoms with Gasteiger partial charge in [-0.3, -0.25) is 0 Å². The first-order chi connectivity index (χ1) is 8.75. The van der Waals surface area contributed by atoms with Crippen LogP contribution in [0.15, 0.2) is 30.7 Å². The summed E-state index contributed by atoms with van der Waals surface area (Å²) in [5, 5.41) is 4.26. The highest BCUT2D eigenvalue weighted by molar-refractivity contribution is 14.1. The van der Waals surface area contributed by atoms with Crippen LogP contribution < -0.4 is 5.32 Å². The van der Waals surface area contributed by atoms with Crippen molar-refractivity contribution in [2.75, 3.05) is 6.54 Å². The molecule has 0 amide bonds. The number of halogens is 2. The summed E-state index contributed by atoms with van der Waals surface area (Å²) in [7, 11) is 0. The molecule has 18 heavy (non-hydrogen) atoms. The summed E-state index contributed by atoms with van der Waals surface area (Å²) in [5.74, 6) is 0. The van der Waals surface area contributed by atoms with Crippen LogP contribution in [0.25, 0.3) is 5.69 Å². The fraction of sp³-hybridized carbons (Fsp3) is 0.308. The normalized spacial score (nSPS) is 19.3. The highest BCUT2D eigenvalue weighted by atomic mass is 127. The lowest BCUT2D eigenvalue weighted by Gasteiger charge is -2.15. The van der Waals surface area contributed by atoms with Crippen molar-refractivity contribution in [3.63, 3.8) is 0 Å². The smallest absolute Gasteiger partial charge is 0.0995 e. The Balaban J connectivity index is 2.03. The molecule has 1 atom stereocenters. The molecular weight excluding hydrogens is 361 g/mol. The van der Waals surface area contributed by atoms with Gasteiger partial charge in [0.05, 0.1) is 28.9 Å². The Bertz CT molecular complexity index is 561.